The van der Waals surface area contributed by atoms with Crippen LogP contribution in [0.1, 0.15) is 17.5 Å². The number of anilines is 1. The molecule has 0 fully saturated rings. The van der Waals surface area contributed by atoms with Gasteiger partial charge in [-0.2, -0.15) is 0 Å². The Labute approximate surface area is 91.9 Å². The number of hydrogen-bond acceptors (Lipinski definition) is 4. The molecule has 15 heavy (non-hydrogen) atoms. The van der Waals surface area contributed by atoms with Gasteiger partial charge in [-0.1, -0.05) is 11.3 Å². The van der Waals surface area contributed by atoms with E-state index < -0.39 is 12.0 Å². The maximum Gasteiger partial charge on any atom is 0.260 e. The molecule has 0 aliphatic heterocycles. The highest BCUT2D eigenvalue weighted by Gasteiger charge is 2.36. The third-order valence-electron chi connectivity index (χ3n) is 2.11. The van der Waals surface area contributed by atoms with E-state index in [1.165, 1.54) is 18.3 Å². The van der Waals surface area contributed by atoms with Crippen LogP contribution in [-0.4, -0.2) is 25.5 Å². The quantitative estimate of drug-likeness (QED) is 0.870. The van der Waals surface area contributed by atoms with Crippen LogP contribution in [0.4, 0.5) is 13.9 Å². The van der Waals surface area contributed by atoms with Crippen LogP contribution in [0.15, 0.2) is 0 Å². The van der Waals surface area contributed by atoms with Crippen LogP contribution >= 0.6 is 11.3 Å². The normalized spacial score (nSPS) is 15.5. The van der Waals surface area contributed by atoms with E-state index in [1.54, 1.807) is 11.8 Å². The number of aromatic nitrogens is 1. The summed E-state index contributed by atoms with van der Waals surface area (Å²) >= 11 is 1.21. The van der Waals surface area contributed by atoms with Crippen LogP contribution in [-0.2, 0) is 5.54 Å². The Bertz CT molecular complexity index is 347. The first-order valence-electron chi connectivity index (χ1n) is 4.49. The molecular weight excluding hydrogens is 220 g/mol. The third-order valence-corrected chi connectivity index (χ3v) is 3.69. The molecule has 0 amide bonds. The Balaban J connectivity index is 3.15. The zero-order valence-corrected chi connectivity index (χ0v) is 10.0. The number of alkyl halides is 2. The van der Waals surface area contributed by atoms with E-state index in [4.69, 9.17) is 5.73 Å². The van der Waals surface area contributed by atoms with Gasteiger partial charge < -0.3 is 10.6 Å². The van der Waals surface area contributed by atoms with Gasteiger partial charge in [-0.05, 0) is 13.8 Å². The molecule has 1 atom stereocenters. The second-order valence-electron chi connectivity index (χ2n) is 3.89. The molecule has 1 aromatic heterocycles. The fourth-order valence-corrected chi connectivity index (χ4v) is 2.22. The van der Waals surface area contributed by atoms with Gasteiger partial charge in [0, 0.05) is 14.1 Å². The lowest BCUT2D eigenvalue weighted by atomic mass is 10.0. The molecule has 6 heteroatoms. The molecule has 1 aromatic rings. The molecule has 0 aromatic carbocycles. The summed E-state index contributed by atoms with van der Waals surface area (Å²) in [5, 5.41) is 0.694. The van der Waals surface area contributed by atoms with Crippen LogP contribution in [0, 0.1) is 6.92 Å². The predicted molar refractivity (Wildman–Crippen MR) is 58.7 cm³/mol. The van der Waals surface area contributed by atoms with Gasteiger partial charge in [-0.3, -0.25) is 0 Å². The third kappa shape index (κ3) is 2.26. The number of aryl methyl sites for hydroxylation is 1. The van der Waals surface area contributed by atoms with Gasteiger partial charge in [0.05, 0.1) is 10.6 Å². The lowest BCUT2D eigenvalue weighted by Gasteiger charge is -2.22. The summed E-state index contributed by atoms with van der Waals surface area (Å²) in [6, 6.07) is 0. The first-order valence-corrected chi connectivity index (χ1v) is 5.30. The molecule has 0 aliphatic rings. The van der Waals surface area contributed by atoms with Crippen molar-refractivity contribution in [3.63, 3.8) is 0 Å². The van der Waals surface area contributed by atoms with Crippen molar-refractivity contribution in [3.8, 4) is 0 Å². The van der Waals surface area contributed by atoms with E-state index in [2.05, 4.69) is 4.98 Å². The molecule has 1 heterocycles. The monoisotopic (exact) mass is 235 g/mol. The fourth-order valence-electron chi connectivity index (χ4n) is 1.17. The Morgan fingerprint density at radius 3 is 2.33 bits per heavy atom. The van der Waals surface area contributed by atoms with Gasteiger partial charge in [-0.25, -0.2) is 13.8 Å². The summed E-state index contributed by atoms with van der Waals surface area (Å²) in [6.07, 6.45) is -2.59. The number of hydrogen-bond donors (Lipinski definition) is 1. The largest absolute Gasteiger partial charge is 0.354 e. The number of nitrogens with zero attached hydrogens (tertiary/aromatic N) is 2. The maximum absolute atomic E-state index is 12.7. The minimum absolute atomic E-state index is 0.446. The Morgan fingerprint density at radius 1 is 1.47 bits per heavy atom. The van der Waals surface area contributed by atoms with Crippen molar-refractivity contribution in [2.24, 2.45) is 5.73 Å². The van der Waals surface area contributed by atoms with Crippen LogP contribution in [0.2, 0.25) is 0 Å². The van der Waals surface area contributed by atoms with Crippen molar-refractivity contribution >= 4 is 16.5 Å². The van der Waals surface area contributed by atoms with Crippen molar-refractivity contribution in [2.75, 3.05) is 19.0 Å². The molecule has 0 aliphatic carbocycles. The van der Waals surface area contributed by atoms with Crippen molar-refractivity contribution < 1.29 is 8.78 Å². The number of rotatable bonds is 3. The summed E-state index contributed by atoms with van der Waals surface area (Å²) in [6.45, 7) is 3.03. The van der Waals surface area contributed by atoms with Crippen LogP contribution in [0.25, 0.3) is 0 Å². The first kappa shape index (κ1) is 12.3. The topological polar surface area (TPSA) is 42.2 Å². The standard InChI is InChI=1S/C9H15F2N3S/c1-5-6(9(2,12)7(10)11)15-8(13-5)14(3)4/h7H,12H2,1-4H3. The van der Waals surface area contributed by atoms with Gasteiger partial charge in [-0.15, -0.1) is 0 Å². The molecule has 0 bridgehead atoms. The molecule has 3 nitrogen and oxygen atoms in total. The molecule has 2 N–H and O–H groups in total. The minimum Gasteiger partial charge on any atom is -0.354 e. The zero-order valence-electron chi connectivity index (χ0n) is 9.21. The summed E-state index contributed by atoms with van der Waals surface area (Å²) in [4.78, 5) is 6.42. The van der Waals surface area contributed by atoms with Gasteiger partial charge in [0.2, 0.25) is 0 Å². The Kier molecular flexibility index (Phi) is 3.30. The number of halogens is 2. The summed E-state index contributed by atoms with van der Waals surface area (Å²) in [5.74, 6) is 0. The van der Waals surface area contributed by atoms with Crippen LogP contribution < -0.4 is 10.6 Å². The predicted octanol–water partition coefficient (Wildman–Crippen LogP) is 1.96. The lowest BCUT2D eigenvalue weighted by molar-refractivity contribution is 0.0640. The fraction of sp³-hybridized carbons (Fsp3) is 0.667. The molecule has 0 saturated carbocycles. The molecule has 0 spiro atoms. The summed E-state index contributed by atoms with van der Waals surface area (Å²) < 4.78 is 25.5. The SMILES string of the molecule is Cc1nc(N(C)C)sc1C(C)(N)C(F)F. The van der Waals surface area contributed by atoms with E-state index in [0.717, 1.165) is 0 Å². The van der Waals surface area contributed by atoms with Crippen molar-refractivity contribution in [1.29, 1.82) is 0 Å². The average Bonchev–Trinajstić information content (AvgIpc) is 2.47. The Morgan fingerprint density at radius 2 is 2.00 bits per heavy atom. The summed E-state index contributed by atoms with van der Waals surface area (Å²) in [5.41, 5.74) is 4.56. The van der Waals surface area contributed by atoms with E-state index in [-0.39, 0.29) is 0 Å². The molecule has 1 unspecified atom stereocenters. The first-order chi connectivity index (χ1) is 6.76. The lowest BCUT2D eigenvalue weighted by Crippen LogP contribution is -2.40. The van der Waals surface area contributed by atoms with Gasteiger partial charge in [0.25, 0.3) is 6.43 Å². The van der Waals surface area contributed by atoms with Crippen LogP contribution in [0.3, 0.4) is 0 Å². The highest BCUT2D eigenvalue weighted by molar-refractivity contribution is 7.15. The molecule has 1 rings (SSSR count). The highest BCUT2D eigenvalue weighted by Crippen LogP contribution is 2.35. The van der Waals surface area contributed by atoms with Crippen LogP contribution in [0.5, 0.6) is 0 Å². The van der Waals surface area contributed by atoms with Gasteiger partial charge >= 0.3 is 0 Å². The number of nitrogens with two attached hydrogens (primary N) is 1. The smallest absolute Gasteiger partial charge is 0.260 e. The van der Waals surface area contributed by atoms with Gasteiger partial charge in [0.15, 0.2) is 5.13 Å². The van der Waals surface area contributed by atoms with E-state index >= 15 is 0 Å². The zero-order chi connectivity index (χ0) is 11.8. The molecule has 0 radical (unpaired) electrons. The second kappa shape index (κ2) is 4.02. The molecule has 0 saturated heterocycles. The average molecular weight is 235 g/mol. The Hall–Kier alpha value is -0.750. The highest BCUT2D eigenvalue weighted by atomic mass is 32.1. The molecular formula is C9H15F2N3S. The maximum atomic E-state index is 12.7. The van der Waals surface area contributed by atoms with E-state index in [9.17, 15) is 8.78 Å². The summed E-state index contributed by atoms with van der Waals surface area (Å²) in [7, 11) is 3.64. The minimum atomic E-state index is -2.59. The van der Waals surface area contributed by atoms with Crippen molar-refractivity contribution in [3.05, 3.63) is 10.6 Å². The molecule has 86 valence electrons. The van der Waals surface area contributed by atoms with E-state index in [1.807, 2.05) is 14.1 Å². The number of thiazole rings is 1. The van der Waals surface area contributed by atoms with Crippen molar-refractivity contribution in [2.45, 2.75) is 25.8 Å². The second-order valence-corrected chi connectivity index (χ2v) is 4.87. The van der Waals surface area contributed by atoms with E-state index in [0.29, 0.717) is 15.7 Å². The van der Waals surface area contributed by atoms with Gasteiger partial charge in [0.1, 0.15) is 5.54 Å². The van der Waals surface area contributed by atoms with Crippen molar-refractivity contribution in [1.82, 2.24) is 4.98 Å².